The van der Waals surface area contributed by atoms with E-state index in [-0.39, 0.29) is 0 Å². The maximum atomic E-state index is 5.79. The lowest BCUT2D eigenvalue weighted by Gasteiger charge is -2.09. The Bertz CT molecular complexity index is 534. The molecule has 0 saturated heterocycles. The van der Waals surface area contributed by atoms with E-state index < -0.39 is 0 Å². The maximum Gasteiger partial charge on any atom is 0.223 e. The van der Waals surface area contributed by atoms with Gasteiger partial charge in [0, 0.05) is 23.9 Å². The molecular weight excluding hydrogens is 226 g/mol. The van der Waals surface area contributed by atoms with Gasteiger partial charge in [0.15, 0.2) is 5.82 Å². The van der Waals surface area contributed by atoms with Gasteiger partial charge in [-0.3, -0.25) is 4.98 Å². The van der Waals surface area contributed by atoms with E-state index in [0.29, 0.717) is 17.7 Å². The van der Waals surface area contributed by atoms with E-state index >= 15 is 0 Å². The second-order valence-corrected chi connectivity index (χ2v) is 4.59. The fourth-order valence-electron chi connectivity index (χ4n) is 2.41. The molecule has 1 aliphatic rings. The van der Waals surface area contributed by atoms with Crippen molar-refractivity contribution < 1.29 is 0 Å². The highest BCUT2D eigenvalue weighted by Gasteiger charge is 2.21. The maximum absolute atomic E-state index is 5.79. The van der Waals surface area contributed by atoms with E-state index in [0.717, 1.165) is 24.2 Å². The second kappa shape index (κ2) is 4.68. The van der Waals surface area contributed by atoms with Crippen LogP contribution in [0.4, 0.5) is 5.95 Å². The first-order valence-electron chi connectivity index (χ1n) is 6.25. The van der Waals surface area contributed by atoms with Crippen molar-refractivity contribution in [3.63, 3.8) is 0 Å². The average Bonchev–Trinajstić information content (AvgIpc) is 2.93. The van der Waals surface area contributed by atoms with Gasteiger partial charge in [-0.2, -0.15) is 9.97 Å². The molecule has 3 rings (SSSR count). The van der Waals surface area contributed by atoms with Gasteiger partial charge in [-0.25, -0.2) is 4.98 Å². The van der Waals surface area contributed by atoms with E-state index in [4.69, 9.17) is 5.73 Å². The summed E-state index contributed by atoms with van der Waals surface area (Å²) in [4.78, 5) is 17.0. The van der Waals surface area contributed by atoms with Crippen molar-refractivity contribution >= 4 is 5.95 Å². The summed E-state index contributed by atoms with van der Waals surface area (Å²) in [7, 11) is 0. The van der Waals surface area contributed by atoms with E-state index in [9.17, 15) is 0 Å². The van der Waals surface area contributed by atoms with Crippen LogP contribution in [-0.4, -0.2) is 19.9 Å². The van der Waals surface area contributed by atoms with Crippen LogP contribution >= 0.6 is 0 Å². The van der Waals surface area contributed by atoms with Gasteiger partial charge in [-0.05, 0) is 25.0 Å². The Morgan fingerprint density at radius 3 is 2.44 bits per heavy atom. The topological polar surface area (TPSA) is 77.6 Å². The first-order chi connectivity index (χ1) is 8.83. The molecule has 0 aromatic carbocycles. The normalized spacial score (nSPS) is 16.0. The standard InChI is InChI=1S/C13H15N5/c14-13-17-11(9-3-1-2-4-9)16-12(18-13)10-5-7-15-8-6-10/h5-9H,1-4H2,(H2,14,16,17,18). The lowest BCUT2D eigenvalue weighted by Crippen LogP contribution is -2.07. The highest BCUT2D eigenvalue weighted by atomic mass is 15.1. The average molecular weight is 241 g/mol. The molecule has 0 radical (unpaired) electrons. The van der Waals surface area contributed by atoms with Crippen molar-refractivity contribution in [2.45, 2.75) is 31.6 Å². The van der Waals surface area contributed by atoms with Crippen molar-refractivity contribution in [3.05, 3.63) is 30.4 Å². The minimum absolute atomic E-state index is 0.304. The van der Waals surface area contributed by atoms with Crippen molar-refractivity contribution in [1.29, 1.82) is 0 Å². The summed E-state index contributed by atoms with van der Waals surface area (Å²) in [6, 6.07) is 3.76. The van der Waals surface area contributed by atoms with Gasteiger partial charge < -0.3 is 5.73 Å². The van der Waals surface area contributed by atoms with Crippen molar-refractivity contribution in [2.75, 3.05) is 5.73 Å². The van der Waals surface area contributed by atoms with Gasteiger partial charge in [0.25, 0.3) is 0 Å². The number of rotatable bonds is 2. The molecule has 92 valence electrons. The third-order valence-corrected chi connectivity index (χ3v) is 3.33. The highest BCUT2D eigenvalue weighted by molar-refractivity contribution is 5.54. The van der Waals surface area contributed by atoms with E-state index in [1.807, 2.05) is 12.1 Å². The Morgan fingerprint density at radius 1 is 1.00 bits per heavy atom. The zero-order valence-electron chi connectivity index (χ0n) is 10.1. The Labute approximate surface area is 106 Å². The summed E-state index contributed by atoms with van der Waals surface area (Å²) in [6.45, 7) is 0. The summed E-state index contributed by atoms with van der Waals surface area (Å²) in [5, 5.41) is 0. The van der Waals surface area contributed by atoms with E-state index in [1.165, 1.54) is 12.8 Å². The molecule has 5 nitrogen and oxygen atoms in total. The van der Waals surface area contributed by atoms with Crippen LogP contribution in [0.1, 0.15) is 37.4 Å². The molecule has 0 amide bonds. The molecule has 0 spiro atoms. The van der Waals surface area contributed by atoms with Crippen molar-refractivity contribution in [1.82, 2.24) is 19.9 Å². The molecule has 0 unspecified atom stereocenters. The molecular formula is C13H15N5. The van der Waals surface area contributed by atoms with Crippen LogP contribution in [-0.2, 0) is 0 Å². The predicted octanol–water partition coefficient (Wildman–Crippen LogP) is 2.17. The summed E-state index contributed by atoms with van der Waals surface area (Å²) >= 11 is 0. The predicted molar refractivity (Wildman–Crippen MR) is 68.7 cm³/mol. The Morgan fingerprint density at radius 2 is 1.72 bits per heavy atom. The fraction of sp³-hybridized carbons (Fsp3) is 0.385. The third-order valence-electron chi connectivity index (χ3n) is 3.33. The van der Waals surface area contributed by atoms with Crippen LogP contribution in [0.25, 0.3) is 11.4 Å². The number of nitrogens with zero attached hydrogens (tertiary/aromatic N) is 4. The van der Waals surface area contributed by atoms with Crippen LogP contribution in [0.15, 0.2) is 24.5 Å². The largest absolute Gasteiger partial charge is 0.368 e. The summed E-state index contributed by atoms with van der Waals surface area (Å²) < 4.78 is 0. The van der Waals surface area contributed by atoms with Gasteiger partial charge in [-0.15, -0.1) is 0 Å². The van der Waals surface area contributed by atoms with Crippen LogP contribution in [0, 0.1) is 0 Å². The number of hydrogen-bond acceptors (Lipinski definition) is 5. The highest BCUT2D eigenvalue weighted by Crippen LogP contribution is 2.32. The molecule has 1 saturated carbocycles. The third kappa shape index (κ3) is 2.16. The summed E-state index contributed by atoms with van der Waals surface area (Å²) in [5.74, 6) is 2.23. The molecule has 1 aliphatic carbocycles. The SMILES string of the molecule is Nc1nc(-c2ccncc2)nc(C2CCCC2)n1. The van der Waals surface area contributed by atoms with Gasteiger partial charge >= 0.3 is 0 Å². The number of nitrogens with two attached hydrogens (primary N) is 1. The van der Waals surface area contributed by atoms with Crippen molar-refractivity contribution in [3.8, 4) is 11.4 Å². The molecule has 2 heterocycles. The molecule has 2 N–H and O–H groups in total. The van der Waals surface area contributed by atoms with Crippen LogP contribution in [0.2, 0.25) is 0 Å². The monoisotopic (exact) mass is 241 g/mol. The molecule has 18 heavy (non-hydrogen) atoms. The number of nitrogen functional groups attached to an aromatic ring is 1. The fourth-order valence-corrected chi connectivity index (χ4v) is 2.41. The Balaban J connectivity index is 2.00. The van der Waals surface area contributed by atoms with Crippen LogP contribution in [0.3, 0.4) is 0 Å². The smallest absolute Gasteiger partial charge is 0.223 e. The molecule has 0 bridgehead atoms. The van der Waals surface area contributed by atoms with Gasteiger partial charge in [0.2, 0.25) is 5.95 Å². The minimum atomic E-state index is 0.304. The lowest BCUT2D eigenvalue weighted by molar-refractivity contribution is 0.665. The van der Waals surface area contributed by atoms with Crippen molar-refractivity contribution in [2.24, 2.45) is 0 Å². The van der Waals surface area contributed by atoms with Crippen LogP contribution < -0.4 is 5.73 Å². The molecule has 2 aromatic heterocycles. The zero-order chi connectivity index (χ0) is 12.4. The molecule has 2 aromatic rings. The Kier molecular flexibility index (Phi) is 2.88. The lowest BCUT2D eigenvalue weighted by atomic mass is 10.1. The molecule has 0 aliphatic heterocycles. The molecule has 5 heteroatoms. The zero-order valence-corrected chi connectivity index (χ0v) is 10.1. The Hall–Kier alpha value is -2.04. The second-order valence-electron chi connectivity index (χ2n) is 4.59. The number of hydrogen-bond donors (Lipinski definition) is 1. The minimum Gasteiger partial charge on any atom is -0.368 e. The first-order valence-corrected chi connectivity index (χ1v) is 6.25. The summed E-state index contributed by atoms with van der Waals surface area (Å²) in [5.41, 5.74) is 6.72. The van der Waals surface area contributed by atoms with Gasteiger partial charge in [-0.1, -0.05) is 12.8 Å². The summed E-state index contributed by atoms with van der Waals surface area (Å²) in [6.07, 6.45) is 8.26. The van der Waals surface area contributed by atoms with Gasteiger partial charge in [0.05, 0.1) is 0 Å². The number of anilines is 1. The van der Waals surface area contributed by atoms with Crippen LogP contribution in [0.5, 0.6) is 0 Å². The molecule has 1 fully saturated rings. The number of aromatic nitrogens is 4. The molecule has 0 atom stereocenters. The van der Waals surface area contributed by atoms with Gasteiger partial charge in [0.1, 0.15) is 5.82 Å². The first kappa shape index (κ1) is 11.1. The van der Waals surface area contributed by atoms with E-state index in [2.05, 4.69) is 19.9 Å². The quantitative estimate of drug-likeness (QED) is 0.871. The number of pyridine rings is 1. The van der Waals surface area contributed by atoms with E-state index in [1.54, 1.807) is 12.4 Å².